The van der Waals surface area contributed by atoms with Crippen LogP contribution in [0.3, 0.4) is 0 Å². The lowest BCUT2D eigenvalue weighted by molar-refractivity contribution is -0.132. The van der Waals surface area contributed by atoms with E-state index in [2.05, 4.69) is 10.3 Å². The number of nitrogens with one attached hydrogen (secondary N) is 1. The van der Waals surface area contributed by atoms with Gasteiger partial charge in [0.05, 0.1) is 22.5 Å². The van der Waals surface area contributed by atoms with Gasteiger partial charge in [-0.2, -0.15) is 0 Å². The number of nitrogens with zero attached hydrogens (tertiary/aromatic N) is 3. The first-order valence-corrected chi connectivity index (χ1v) is 8.20. The summed E-state index contributed by atoms with van der Waals surface area (Å²) in [5.41, 5.74) is 1.19. The van der Waals surface area contributed by atoms with Gasteiger partial charge in [0.1, 0.15) is 0 Å². The number of aromatic nitrogens is 1. The van der Waals surface area contributed by atoms with E-state index in [1.807, 2.05) is 0 Å². The molecule has 1 unspecified atom stereocenters. The maximum absolute atomic E-state index is 12.5. The van der Waals surface area contributed by atoms with Gasteiger partial charge in [-0.05, 0) is 12.5 Å². The van der Waals surface area contributed by atoms with Crippen molar-refractivity contribution in [1.29, 1.82) is 0 Å². The molecule has 1 aromatic rings. The summed E-state index contributed by atoms with van der Waals surface area (Å²) in [6.45, 7) is 3.14. The SMILES string of the molecule is CNC(=O)C1CC(=O)N(C2CN(C(=O)c3cncc(Cl)c3C)C2)C1. The standard InChI is InChI=1S/C16H19ClN4O3/c1-9-12(4-19-5-13(9)17)16(24)20-7-11(8-20)21-6-10(3-14(21)22)15(23)18-2/h4-5,10-11H,3,6-8H2,1-2H3,(H,18,23). The van der Waals surface area contributed by atoms with Crippen LogP contribution in [0.25, 0.3) is 0 Å². The van der Waals surface area contributed by atoms with Crippen LogP contribution in [0.5, 0.6) is 0 Å². The lowest BCUT2D eigenvalue weighted by Gasteiger charge is -2.44. The number of carbonyl (C=O) groups is 3. The fourth-order valence-electron chi connectivity index (χ4n) is 3.17. The molecule has 2 aliphatic heterocycles. The van der Waals surface area contributed by atoms with Crippen LogP contribution in [0.15, 0.2) is 12.4 Å². The molecule has 1 N–H and O–H groups in total. The molecule has 3 rings (SSSR count). The largest absolute Gasteiger partial charge is 0.359 e. The van der Waals surface area contributed by atoms with Crippen LogP contribution in [-0.4, -0.2) is 65.2 Å². The van der Waals surface area contributed by atoms with Crippen LogP contribution in [-0.2, 0) is 9.59 Å². The predicted molar refractivity (Wildman–Crippen MR) is 87.6 cm³/mol. The molecule has 128 valence electrons. The van der Waals surface area contributed by atoms with Crippen LogP contribution in [0.2, 0.25) is 5.02 Å². The Morgan fingerprint density at radius 2 is 2.00 bits per heavy atom. The summed E-state index contributed by atoms with van der Waals surface area (Å²) in [5.74, 6) is -0.570. The zero-order valence-corrected chi connectivity index (χ0v) is 14.3. The van der Waals surface area contributed by atoms with Crippen molar-refractivity contribution in [3.63, 3.8) is 0 Å². The van der Waals surface area contributed by atoms with Gasteiger partial charge in [0.2, 0.25) is 11.8 Å². The van der Waals surface area contributed by atoms with E-state index in [0.29, 0.717) is 35.8 Å². The minimum Gasteiger partial charge on any atom is -0.359 e. The monoisotopic (exact) mass is 350 g/mol. The summed E-state index contributed by atoms with van der Waals surface area (Å²) in [6.07, 6.45) is 3.26. The van der Waals surface area contributed by atoms with Crippen LogP contribution < -0.4 is 5.32 Å². The second-order valence-electron chi connectivity index (χ2n) is 6.22. The average molecular weight is 351 g/mol. The summed E-state index contributed by atoms with van der Waals surface area (Å²) in [6, 6.07) is -0.0245. The number of hydrogen-bond acceptors (Lipinski definition) is 4. The number of pyridine rings is 1. The van der Waals surface area contributed by atoms with E-state index in [4.69, 9.17) is 11.6 Å². The van der Waals surface area contributed by atoms with Crippen molar-refractivity contribution in [2.75, 3.05) is 26.7 Å². The van der Waals surface area contributed by atoms with Gasteiger partial charge in [-0.3, -0.25) is 19.4 Å². The topological polar surface area (TPSA) is 82.6 Å². The van der Waals surface area contributed by atoms with Crippen molar-refractivity contribution < 1.29 is 14.4 Å². The first-order valence-electron chi connectivity index (χ1n) is 7.82. The molecule has 8 heteroatoms. The molecule has 0 bridgehead atoms. The van der Waals surface area contributed by atoms with Gasteiger partial charge >= 0.3 is 0 Å². The zero-order chi connectivity index (χ0) is 17.4. The second kappa shape index (κ2) is 6.39. The molecule has 2 saturated heterocycles. The molecular formula is C16H19ClN4O3. The third-order valence-corrected chi connectivity index (χ3v) is 5.13. The van der Waals surface area contributed by atoms with E-state index in [0.717, 1.165) is 0 Å². The molecule has 0 radical (unpaired) electrons. The molecule has 2 aliphatic rings. The molecule has 0 saturated carbocycles. The van der Waals surface area contributed by atoms with E-state index >= 15 is 0 Å². The van der Waals surface area contributed by atoms with Gasteiger partial charge in [-0.15, -0.1) is 0 Å². The van der Waals surface area contributed by atoms with E-state index < -0.39 is 0 Å². The third kappa shape index (κ3) is 2.84. The summed E-state index contributed by atoms with van der Waals surface area (Å²) >= 11 is 6.01. The van der Waals surface area contributed by atoms with Gasteiger partial charge < -0.3 is 15.1 Å². The number of amides is 3. The van der Waals surface area contributed by atoms with Gasteiger partial charge in [-0.25, -0.2) is 0 Å². The van der Waals surface area contributed by atoms with Crippen molar-refractivity contribution in [2.24, 2.45) is 5.92 Å². The molecule has 0 aromatic carbocycles. The molecule has 24 heavy (non-hydrogen) atoms. The van der Waals surface area contributed by atoms with E-state index in [1.165, 1.54) is 12.4 Å². The molecule has 0 aliphatic carbocycles. The zero-order valence-electron chi connectivity index (χ0n) is 13.6. The van der Waals surface area contributed by atoms with Gasteiger partial charge in [0.25, 0.3) is 5.91 Å². The highest BCUT2D eigenvalue weighted by Gasteiger charge is 2.43. The fourth-order valence-corrected chi connectivity index (χ4v) is 3.33. The summed E-state index contributed by atoms with van der Waals surface area (Å²) in [5, 5.41) is 3.04. The van der Waals surface area contributed by atoms with Crippen molar-refractivity contribution in [3.8, 4) is 0 Å². The highest BCUT2D eigenvalue weighted by atomic mass is 35.5. The Kier molecular flexibility index (Phi) is 4.45. The first-order chi connectivity index (χ1) is 11.4. The maximum Gasteiger partial charge on any atom is 0.255 e. The lowest BCUT2D eigenvalue weighted by Crippen LogP contribution is -2.61. The Bertz CT molecular complexity index is 703. The minimum absolute atomic E-state index is 0.0245. The van der Waals surface area contributed by atoms with E-state index in [9.17, 15) is 14.4 Å². The molecule has 3 heterocycles. The van der Waals surface area contributed by atoms with Crippen LogP contribution >= 0.6 is 11.6 Å². The number of likely N-dealkylation sites (tertiary alicyclic amines) is 2. The Labute approximate surface area is 145 Å². The Balaban J connectivity index is 1.61. The third-order valence-electron chi connectivity index (χ3n) is 4.75. The van der Waals surface area contributed by atoms with Crippen molar-refractivity contribution in [1.82, 2.24) is 20.1 Å². The predicted octanol–water partition coefficient (Wildman–Crippen LogP) is 0.462. The number of halogens is 1. The van der Waals surface area contributed by atoms with Gasteiger partial charge in [0, 0.05) is 45.5 Å². The van der Waals surface area contributed by atoms with Crippen molar-refractivity contribution in [3.05, 3.63) is 28.5 Å². The highest BCUT2D eigenvalue weighted by Crippen LogP contribution is 2.27. The van der Waals surface area contributed by atoms with Crippen LogP contribution in [0, 0.1) is 12.8 Å². The quantitative estimate of drug-likeness (QED) is 0.858. The Morgan fingerprint density at radius 1 is 1.29 bits per heavy atom. The van der Waals surface area contributed by atoms with Gasteiger partial charge in [0.15, 0.2) is 0 Å². The minimum atomic E-state index is -0.299. The van der Waals surface area contributed by atoms with Crippen molar-refractivity contribution >= 4 is 29.3 Å². The van der Waals surface area contributed by atoms with E-state index in [1.54, 1.807) is 23.8 Å². The first kappa shape index (κ1) is 16.7. The maximum atomic E-state index is 12.5. The van der Waals surface area contributed by atoms with Crippen LogP contribution in [0.1, 0.15) is 22.3 Å². The van der Waals surface area contributed by atoms with Crippen LogP contribution in [0.4, 0.5) is 0 Å². The molecule has 2 fully saturated rings. The number of rotatable bonds is 3. The Morgan fingerprint density at radius 3 is 2.67 bits per heavy atom. The molecule has 1 aromatic heterocycles. The van der Waals surface area contributed by atoms with Crippen molar-refractivity contribution in [2.45, 2.75) is 19.4 Å². The summed E-state index contributed by atoms with van der Waals surface area (Å²) in [4.78, 5) is 43.7. The smallest absolute Gasteiger partial charge is 0.255 e. The molecule has 7 nitrogen and oxygen atoms in total. The lowest BCUT2D eigenvalue weighted by atomic mass is 10.0. The normalized spacial score (nSPS) is 21.0. The summed E-state index contributed by atoms with van der Waals surface area (Å²) in [7, 11) is 1.57. The Hall–Kier alpha value is -2.15. The fraction of sp³-hybridized carbons (Fsp3) is 0.500. The summed E-state index contributed by atoms with van der Waals surface area (Å²) < 4.78 is 0. The molecule has 3 amide bonds. The molecule has 0 spiro atoms. The highest BCUT2D eigenvalue weighted by molar-refractivity contribution is 6.31. The molecule has 1 atom stereocenters. The molecular weight excluding hydrogens is 332 g/mol. The number of hydrogen-bond donors (Lipinski definition) is 1. The number of carbonyl (C=O) groups excluding carboxylic acids is 3. The van der Waals surface area contributed by atoms with E-state index in [-0.39, 0.29) is 36.1 Å². The van der Waals surface area contributed by atoms with Gasteiger partial charge in [-0.1, -0.05) is 11.6 Å². The second-order valence-corrected chi connectivity index (χ2v) is 6.63. The average Bonchev–Trinajstić information content (AvgIpc) is 2.89.